The van der Waals surface area contributed by atoms with Crippen LogP contribution in [-0.2, 0) is 4.79 Å². The van der Waals surface area contributed by atoms with Gasteiger partial charge in [-0.1, -0.05) is 0 Å². The first kappa shape index (κ1) is 13.4. The van der Waals surface area contributed by atoms with Crippen LogP contribution in [0.4, 0.5) is 11.4 Å². The van der Waals surface area contributed by atoms with E-state index >= 15 is 0 Å². The number of anilines is 2. The van der Waals surface area contributed by atoms with Crippen LogP contribution in [0.2, 0.25) is 0 Å². The Morgan fingerprint density at radius 2 is 1.64 bits per heavy atom. The van der Waals surface area contributed by atoms with Crippen molar-refractivity contribution in [1.29, 1.82) is 0 Å². The van der Waals surface area contributed by atoms with Crippen LogP contribution < -0.4 is 10.6 Å². The molecular weight excluding hydrogens is 280 g/mol. The fourth-order valence-corrected chi connectivity index (χ4v) is 3.11. The van der Waals surface area contributed by atoms with Gasteiger partial charge in [-0.25, -0.2) is 0 Å². The summed E-state index contributed by atoms with van der Waals surface area (Å²) in [4.78, 5) is 28.4. The van der Waals surface area contributed by atoms with Gasteiger partial charge in [0, 0.05) is 37.7 Å². The zero-order valence-electron chi connectivity index (χ0n) is 12.5. The molecule has 0 atom stereocenters. The molecule has 2 aliphatic heterocycles. The topological polar surface area (TPSA) is 64.7 Å². The van der Waals surface area contributed by atoms with E-state index in [1.807, 2.05) is 28.0 Å². The second-order valence-electron chi connectivity index (χ2n) is 6.18. The van der Waals surface area contributed by atoms with Crippen molar-refractivity contribution >= 4 is 23.2 Å². The maximum absolute atomic E-state index is 12.6. The Balaban J connectivity index is 1.40. The highest BCUT2D eigenvalue weighted by molar-refractivity contribution is 5.97. The largest absolute Gasteiger partial charge is 0.366 e. The molecule has 2 fully saturated rings. The maximum Gasteiger partial charge on any atom is 0.254 e. The predicted molar refractivity (Wildman–Crippen MR) is 83.8 cm³/mol. The quantitative estimate of drug-likeness (QED) is 0.861. The zero-order chi connectivity index (χ0) is 15.1. The number of hydrogen-bond acceptors (Lipinski definition) is 4. The van der Waals surface area contributed by atoms with Crippen molar-refractivity contribution in [3.63, 3.8) is 0 Å². The molecule has 2 amide bonds. The lowest BCUT2D eigenvalue weighted by Crippen LogP contribution is -2.51. The summed E-state index contributed by atoms with van der Waals surface area (Å²) < 4.78 is 0. The molecule has 0 spiro atoms. The molecule has 0 unspecified atom stereocenters. The summed E-state index contributed by atoms with van der Waals surface area (Å²) in [5.74, 6) is 0.590. The fourth-order valence-electron chi connectivity index (χ4n) is 3.11. The number of benzene rings is 1. The molecule has 4 rings (SSSR count). The second kappa shape index (κ2) is 5.19. The van der Waals surface area contributed by atoms with Crippen LogP contribution in [0.25, 0.3) is 0 Å². The van der Waals surface area contributed by atoms with E-state index in [9.17, 15) is 9.59 Å². The Kier molecular flexibility index (Phi) is 3.17. The number of nitrogens with one attached hydrogen (secondary N) is 2. The van der Waals surface area contributed by atoms with E-state index in [2.05, 4.69) is 10.6 Å². The molecule has 1 saturated carbocycles. The van der Waals surface area contributed by atoms with Crippen molar-refractivity contribution in [1.82, 2.24) is 9.80 Å². The predicted octanol–water partition coefficient (Wildman–Crippen LogP) is 1.18. The molecule has 1 aromatic carbocycles. The van der Waals surface area contributed by atoms with E-state index in [0.717, 1.165) is 24.2 Å². The van der Waals surface area contributed by atoms with Gasteiger partial charge >= 0.3 is 0 Å². The van der Waals surface area contributed by atoms with Crippen LogP contribution in [0, 0.1) is 5.92 Å². The van der Waals surface area contributed by atoms with Gasteiger partial charge in [0.25, 0.3) is 5.91 Å². The van der Waals surface area contributed by atoms with Crippen molar-refractivity contribution in [2.24, 2.45) is 5.92 Å². The van der Waals surface area contributed by atoms with Gasteiger partial charge in [-0.2, -0.15) is 0 Å². The highest BCUT2D eigenvalue weighted by atomic mass is 16.2. The molecule has 3 aliphatic rings. The monoisotopic (exact) mass is 300 g/mol. The minimum absolute atomic E-state index is 0.0509. The average Bonchev–Trinajstić information content (AvgIpc) is 3.31. The number of carbonyl (C=O) groups excluding carboxylic acids is 2. The minimum atomic E-state index is 0.0509. The lowest BCUT2D eigenvalue weighted by atomic mass is 10.1. The van der Waals surface area contributed by atoms with Crippen molar-refractivity contribution in [3.8, 4) is 0 Å². The number of fused-ring (bicyclic) bond motifs is 1. The highest BCUT2D eigenvalue weighted by Gasteiger charge is 2.35. The van der Waals surface area contributed by atoms with Crippen molar-refractivity contribution in [2.45, 2.75) is 12.8 Å². The molecule has 0 radical (unpaired) electrons. The lowest BCUT2D eigenvalue weighted by Gasteiger charge is -2.35. The van der Waals surface area contributed by atoms with E-state index in [1.54, 1.807) is 0 Å². The van der Waals surface area contributed by atoms with E-state index in [4.69, 9.17) is 0 Å². The molecule has 6 nitrogen and oxygen atoms in total. The van der Waals surface area contributed by atoms with Crippen LogP contribution in [0.3, 0.4) is 0 Å². The van der Waals surface area contributed by atoms with Gasteiger partial charge in [-0.15, -0.1) is 0 Å². The zero-order valence-corrected chi connectivity index (χ0v) is 12.5. The van der Waals surface area contributed by atoms with Crippen molar-refractivity contribution < 1.29 is 9.59 Å². The Morgan fingerprint density at radius 1 is 0.955 bits per heavy atom. The summed E-state index contributed by atoms with van der Waals surface area (Å²) in [7, 11) is 0. The fraction of sp³-hybridized carbons (Fsp3) is 0.500. The summed E-state index contributed by atoms with van der Waals surface area (Å²) in [6.07, 6.45) is 2.07. The van der Waals surface area contributed by atoms with E-state index in [-0.39, 0.29) is 17.7 Å². The van der Waals surface area contributed by atoms with Gasteiger partial charge in [0.05, 0.1) is 18.0 Å². The number of hydrogen-bond donors (Lipinski definition) is 2. The van der Waals surface area contributed by atoms with Gasteiger partial charge in [-0.3, -0.25) is 9.59 Å². The number of nitrogens with zero attached hydrogens (tertiary/aromatic N) is 2. The van der Waals surface area contributed by atoms with Crippen LogP contribution in [0.5, 0.6) is 0 Å². The number of amides is 2. The first-order chi connectivity index (χ1) is 10.7. The first-order valence-corrected chi connectivity index (χ1v) is 7.92. The minimum Gasteiger partial charge on any atom is -0.366 e. The summed E-state index contributed by atoms with van der Waals surface area (Å²) in [6, 6.07) is 5.71. The van der Waals surface area contributed by atoms with Gasteiger partial charge in [0.15, 0.2) is 0 Å². The molecule has 1 aliphatic carbocycles. The normalized spacial score (nSPS) is 20.2. The van der Waals surface area contributed by atoms with Crippen LogP contribution in [0.15, 0.2) is 18.2 Å². The van der Waals surface area contributed by atoms with Gasteiger partial charge in [0.2, 0.25) is 5.91 Å². The van der Waals surface area contributed by atoms with Gasteiger partial charge in [-0.05, 0) is 31.0 Å². The lowest BCUT2D eigenvalue weighted by molar-refractivity contribution is -0.134. The van der Waals surface area contributed by atoms with Crippen LogP contribution in [-0.4, -0.2) is 54.5 Å². The molecular formula is C16H20N4O2. The summed E-state index contributed by atoms with van der Waals surface area (Å²) in [5, 5.41) is 6.41. The summed E-state index contributed by atoms with van der Waals surface area (Å²) in [6.45, 7) is 3.27. The standard InChI is InChI=1S/C16H20N4O2/c21-15(11-1-2-11)19-5-7-20(8-6-19)16(22)12-3-4-13-14(9-12)18-10-17-13/h3-4,9,11,17-18H,1-2,5-8,10H2. The number of carbonyl (C=O) groups is 2. The second-order valence-corrected chi connectivity index (χ2v) is 6.18. The molecule has 0 aromatic heterocycles. The summed E-state index contributed by atoms with van der Waals surface area (Å²) in [5.41, 5.74) is 2.72. The molecule has 0 bridgehead atoms. The molecule has 1 aromatic rings. The van der Waals surface area contributed by atoms with Crippen LogP contribution >= 0.6 is 0 Å². The molecule has 1 saturated heterocycles. The first-order valence-electron chi connectivity index (χ1n) is 7.92. The Morgan fingerprint density at radius 3 is 2.36 bits per heavy atom. The molecule has 116 valence electrons. The SMILES string of the molecule is O=C(c1ccc2c(c1)NCN2)N1CCN(C(=O)C2CC2)CC1. The van der Waals surface area contributed by atoms with Crippen molar-refractivity contribution in [3.05, 3.63) is 23.8 Å². The Hall–Kier alpha value is -2.24. The van der Waals surface area contributed by atoms with E-state index in [0.29, 0.717) is 38.4 Å². The van der Waals surface area contributed by atoms with E-state index in [1.165, 1.54) is 0 Å². The summed E-state index contributed by atoms with van der Waals surface area (Å²) >= 11 is 0. The third-order valence-electron chi connectivity index (χ3n) is 4.63. The number of piperazine rings is 1. The molecule has 2 N–H and O–H groups in total. The van der Waals surface area contributed by atoms with E-state index < -0.39 is 0 Å². The molecule has 22 heavy (non-hydrogen) atoms. The Bertz CT molecular complexity index is 619. The third kappa shape index (κ3) is 2.38. The van der Waals surface area contributed by atoms with Gasteiger partial charge < -0.3 is 20.4 Å². The molecule has 6 heteroatoms. The maximum atomic E-state index is 12.6. The smallest absolute Gasteiger partial charge is 0.254 e. The van der Waals surface area contributed by atoms with Gasteiger partial charge in [0.1, 0.15) is 0 Å². The molecule has 2 heterocycles. The van der Waals surface area contributed by atoms with Crippen molar-refractivity contribution in [2.75, 3.05) is 43.5 Å². The van der Waals surface area contributed by atoms with Crippen LogP contribution in [0.1, 0.15) is 23.2 Å². The average molecular weight is 300 g/mol. The third-order valence-corrected chi connectivity index (χ3v) is 4.63. The number of rotatable bonds is 2. The Labute approximate surface area is 129 Å². The highest BCUT2D eigenvalue weighted by Crippen LogP contribution is 2.31.